The molecule has 0 amide bonds. The number of hydrogen-bond acceptors (Lipinski definition) is 0. The lowest BCUT2D eigenvalue weighted by atomic mass is 10.2. The molecule has 0 heterocycles. The minimum atomic E-state index is -0.0177. The molecule has 1 radical (unpaired) electrons. The first-order valence-corrected chi connectivity index (χ1v) is 2.67. The maximum atomic E-state index is 9.94. The fourth-order valence-electron chi connectivity index (χ4n) is 0.446. The van der Waals surface area contributed by atoms with Gasteiger partial charge in [-0.2, -0.15) is 0 Å². The molecular weight excluding hydrogens is 100 g/mol. The van der Waals surface area contributed by atoms with Crippen molar-refractivity contribution in [3.8, 4) is 0 Å². The van der Waals surface area contributed by atoms with Gasteiger partial charge < -0.3 is 0 Å². The highest BCUT2D eigenvalue weighted by Crippen LogP contribution is 1.96. The van der Waals surface area contributed by atoms with Crippen LogP contribution in [0.2, 0.25) is 0 Å². The Hall–Kier alpha value is -0.560. The van der Waals surface area contributed by atoms with Gasteiger partial charge in [0.15, 0.2) is 0 Å². The van der Waals surface area contributed by atoms with Crippen molar-refractivity contribution in [1.29, 1.82) is 0 Å². The van der Waals surface area contributed by atoms with Gasteiger partial charge in [0.05, 0.1) is 6.61 Å². The molecule has 0 N–H and O–H groups in total. The van der Waals surface area contributed by atoms with E-state index in [0.717, 1.165) is 5.57 Å². The molecule has 0 aromatic heterocycles. The van der Waals surface area contributed by atoms with Gasteiger partial charge in [0.25, 0.3) is 0 Å². The van der Waals surface area contributed by atoms with Crippen molar-refractivity contribution in [2.24, 2.45) is 0 Å². The Morgan fingerprint density at radius 2 is 2.38 bits per heavy atom. The number of allylic oxidation sites excluding steroid dienone is 2. The van der Waals surface area contributed by atoms with Crippen LogP contribution >= 0.6 is 0 Å². The van der Waals surface area contributed by atoms with E-state index in [-0.39, 0.29) is 6.61 Å². The summed E-state index contributed by atoms with van der Waals surface area (Å²) < 4.78 is 0. The molecule has 0 aromatic carbocycles. The summed E-state index contributed by atoms with van der Waals surface area (Å²) in [5.74, 6) is 0. The standard InChI is InChI=1S/C7H11O/c1-3-4-7(2)5-6-8/h3-4H,1,5-6H2,2H3. The molecule has 1 nitrogen and oxygen atoms in total. The summed E-state index contributed by atoms with van der Waals surface area (Å²) in [6, 6.07) is 0. The summed E-state index contributed by atoms with van der Waals surface area (Å²) in [5, 5.41) is 9.94. The van der Waals surface area contributed by atoms with Gasteiger partial charge in [-0.1, -0.05) is 24.3 Å². The second-order valence-electron chi connectivity index (χ2n) is 1.70. The Morgan fingerprint density at radius 1 is 1.75 bits per heavy atom. The van der Waals surface area contributed by atoms with E-state index in [1.165, 1.54) is 0 Å². The van der Waals surface area contributed by atoms with E-state index in [2.05, 4.69) is 6.58 Å². The van der Waals surface area contributed by atoms with Crippen LogP contribution in [0.5, 0.6) is 0 Å². The van der Waals surface area contributed by atoms with Gasteiger partial charge in [0.2, 0.25) is 0 Å². The van der Waals surface area contributed by atoms with E-state index in [0.29, 0.717) is 6.42 Å². The highest BCUT2D eigenvalue weighted by atomic mass is 16.2. The number of rotatable bonds is 3. The van der Waals surface area contributed by atoms with Gasteiger partial charge >= 0.3 is 0 Å². The fraction of sp³-hybridized carbons (Fsp3) is 0.429. The summed E-state index contributed by atoms with van der Waals surface area (Å²) in [4.78, 5) is 0. The summed E-state index contributed by atoms with van der Waals surface area (Å²) in [6.07, 6.45) is 4.20. The number of hydrogen-bond donors (Lipinski definition) is 0. The molecule has 0 fully saturated rings. The molecule has 0 aliphatic heterocycles. The second kappa shape index (κ2) is 4.60. The topological polar surface area (TPSA) is 19.9 Å². The van der Waals surface area contributed by atoms with E-state index < -0.39 is 0 Å². The monoisotopic (exact) mass is 111 g/mol. The SMILES string of the molecule is C=CC=C(C)CC[O]. The van der Waals surface area contributed by atoms with Gasteiger partial charge in [-0.3, -0.25) is 0 Å². The van der Waals surface area contributed by atoms with Crippen molar-refractivity contribution in [3.05, 3.63) is 24.3 Å². The average Bonchev–Trinajstić information content (AvgIpc) is 1.68. The Bertz CT molecular complexity index is 92.6. The zero-order valence-corrected chi connectivity index (χ0v) is 5.18. The van der Waals surface area contributed by atoms with Crippen molar-refractivity contribution < 1.29 is 5.11 Å². The maximum Gasteiger partial charge on any atom is 0.0859 e. The molecule has 8 heavy (non-hydrogen) atoms. The van der Waals surface area contributed by atoms with Gasteiger partial charge in [-0.05, 0) is 13.3 Å². The van der Waals surface area contributed by atoms with Crippen LogP contribution in [0.15, 0.2) is 24.3 Å². The fourth-order valence-corrected chi connectivity index (χ4v) is 0.446. The molecule has 0 aliphatic rings. The van der Waals surface area contributed by atoms with Crippen LogP contribution < -0.4 is 0 Å². The molecule has 0 atom stereocenters. The molecule has 0 aromatic rings. The highest BCUT2D eigenvalue weighted by molar-refractivity contribution is 5.07. The van der Waals surface area contributed by atoms with Gasteiger partial charge in [0.1, 0.15) is 0 Å². The summed E-state index contributed by atoms with van der Waals surface area (Å²) in [7, 11) is 0. The molecule has 45 valence electrons. The van der Waals surface area contributed by atoms with Gasteiger partial charge in [-0.15, -0.1) is 0 Å². The average molecular weight is 111 g/mol. The van der Waals surface area contributed by atoms with Crippen molar-refractivity contribution in [1.82, 2.24) is 0 Å². The lowest BCUT2D eigenvalue weighted by Crippen LogP contribution is -1.79. The van der Waals surface area contributed by atoms with Crippen molar-refractivity contribution in [2.75, 3.05) is 6.61 Å². The molecule has 0 saturated carbocycles. The van der Waals surface area contributed by atoms with Crippen molar-refractivity contribution >= 4 is 0 Å². The van der Waals surface area contributed by atoms with Crippen LogP contribution in [0, 0.1) is 0 Å². The normalized spacial score (nSPS) is 11.5. The Kier molecular flexibility index (Phi) is 4.27. The van der Waals surface area contributed by atoms with Crippen LogP contribution in [-0.4, -0.2) is 6.61 Å². The molecule has 0 saturated heterocycles. The molecule has 0 aliphatic carbocycles. The minimum absolute atomic E-state index is 0.0177. The van der Waals surface area contributed by atoms with E-state index >= 15 is 0 Å². The van der Waals surface area contributed by atoms with Crippen molar-refractivity contribution in [2.45, 2.75) is 13.3 Å². The molecular formula is C7H11O. The third-order valence-electron chi connectivity index (χ3n) is 0.899. The minimum Gasteiger partial charge on any atom is -0.236 e. The predicted molar refractivity (Wildman–Crippen MR) is 34.1 cm³/mol. The molecule has 0 bridgehead atoms. The quantitative estimate of drug-likeness (QED) is 0.496. The smallest absolute Gasteiger partial charge is 0.0859 e. The zero-order valence-electron chi connectivity index (χ0n) is 5.18. The maximum absolute atomic E-state index is 9.94. The third-order valence-corrected chi connectivity index (χ3v) is 0.899. The van der Waals surface area contributed by atoms with Gasteiger partial charge in [-0.25, -0.2) is 5.11 Å². The first-order valence-electron chi connectivity index (χ1n) is 2.67. The van der Waals surface area contributed by atoms with E-state index in [4.69, 9.17) is 0 Å². The summed E-state index contributed by atoms with van der Waals surface area (Å²) in [6.45, 7) is 5.42. The predicted octanol–water partition coefficient (Wildman–Crippen LogP) is 1.94. The van der Waals surface area contributed by atoms with E-state index in [1.54, 1.807) is 6.08 Å². The lowest BCUT2D eigenvalue weighted by molar-refractivity contribution is 0.197. The van der Waals surface area contributed by atoms with Crippen LogP contribution in [0.3, 0.4) is 0 Å². The third kappa shape index (κ3) is 3.62. The van der Waals surface area contributed by atoms with Crippen LogP contribution in [0.4, 0.5) is 0 Å². The first kappa shape index (κ1) is 7.44. The molecule has 1 heteroatoms. The van der Waals surface area contributed by atoms with E-state index in [9.17, 15) is 5.11 Å². The summed E-state index contributed by atoms with van der Waals surface area (Å²) in [5.41, 5.74) is 1.11. The molecule has 0 rings (SSSR count). The Balaban J connectivity index is 3.44. The van der Waals surface area contributed by atoms with E-state index in [1.807, 2.05) is 13.0 Å². The Labute approximate surface area is 50.3 Å². The lowest BCUT2D eigenvalue weighted by Gasteiger charge is -1.89. The molecule has 0 unspecified atom stereocenters. The molecule has 0 spiro atoms. The van der Waals surface area contributed by atoms with Crippen LogP contribution in [0.1, 0.15) is 13.3 Å². The second-order valence-corrected chi connectivity index (χ2v) is 1.70. The highest BCUT2D eigenvalue weighted by Gasteiger charge is 1.83. The van der Waals surface area contributed by atoms with Crippen LogP contribution in [0.25, 0.3) is 0 Å². The van der Waals surface area contributed by atoms with Crippen LogP contribution in [-0.2, 0) is 5.11 Å². The summed E-state index contributed by atoms with van der Waals surface area (Å²) >= 11 is 0. The Morgan fingerprint density at radius 3 is 2.75 bits per heavy atom. The zero-order chi connectivity index (χ0) is 6.41. The first-order chi connectivity index (χ1) is 3.81. The largest absolute Gasteiger partial charge is 0.236 e. The van der Waals surface area contributed by atoms with Gasteiger partial charge in [0, 0.05) is 0 Å². The van der Waals surface area contributed by atoms with Crippen molar-refractivity contribution in [3.63, 3.8) is 0 Å².